The fourth-order valence-electron chi connectivity index (χ4n) is 1.93. The molecule has 1 fully saturated rings. The van der Waals surface area contributed by atoms with E-state index >= 15 is 0 Å². The van der Waals surface area contributed by atoms with Gasteiger partial charge in [-0.3, -0.25) is 19.9 Å². The number of hydrogen-bond donors (Lipinski definition) is 2. The number of furan rings is 1. The standard InChI is InChI=1S/C11H15N3O3/c12-13-11(16)10-8(3-6-17-10)7-14-4-1-9(15)2-5-14/h3,6H,1-2,4-5,7,12H2,(H,13,16). The normalized spacial score (nSPS) is 17.1. The number of carbonyl (C=O) groups excluding carboxylic acids is 2. The van der Waals surface area contributed by atoms with Crippen LogP contribution in [0.5, 0.6) is 0 Å². The van der Waals surface area contributed by atoms with E-state index in [0.717, 1.165) is 18.7 Å². The molecule has 0 spiro atoms. The van der Waals surface area contributed by atoms with Crippen molar-refractivity contribution in [2.45, 2.75) is 19.4 Å². The highest BCUT2D eigenvalue weighted by molar-refractivity contribution is 5.92. The molecule has 0 aromatic carbocycles. The van der Waals surface area contributed by atoms with Crippen LogP contribution < -0.4 is 11.3 Å². The minimum Gasteiger partial charge on any atom is -0.459 e. The van der Waals surface area contributed by atoms with Crippen LogP contribution in [0.15, 0.2) is 16.7 Å². The third-order valence-corrected chi connectivity index (χ3v) is 2.89. The molecule has 0 atom stereocenters. The summed E-state index contributed by atoms with van der Waals surface area (Å²) < 4.78 is 5.09. The summed E-state index contributed by atoms with van der Waals surface area (Å²) in [6, 6.07) is 1.75. The molecule has 1 aromatic heterocycles. The number of hydrogen-bond acceptors (Lipinski definition) is 5. The van der Waals surface area contributed by atoms with Gasteiger partial charge >= 0.3 is 5.91 Å². The molecule has 92 valence electrons. The van der Waals surface area contributed by atoms with E-state index in [0.29, 0.717) is 25.2 Å². The van der Waals surface area contributed by atoms with Gasteiger partial charge in [0.15, 0.2) is 5.76 Å². The second-order valence-corrected chi connectivity index (χ2v) is 4.06. The van der Waals surface area contributed by atoms with E-state index in [9.17, 15) is 9.59 Å². The van der Waals surface area contributed by atoms with Crippen molar-refractivity contribution < 1.29 is 14.0 Å². The number of nitrogens with two attached hydrogens (primary N) is 1. The molecule has 2 heterocycles. The van der Waals surface area contributed by atoms with Crippen LogP contribution in [0.4, 0.5) is 0 Å². The van der Waals surface area contributed by atoms with E-state index in [1.54, 1.807) is 6.07 Å². The topological polar surface area (TPSA) is 88.6 Å². The molecular weight excluding hydrogens is 222 g/mol. The van der Waals surface area contributed by atoms with E-state index in [1.807, 2.05) is 5.43 Å². The summed E-state index contributed by atoms with van der Waals surface area (Å²) in [5, 5.41) is 0. The van der Waals surface area contributed by atoms with Gasteiger partial charge < -0.3 is 4.42 Å². The smallest absolute Gasteiger partial charge is 0.301 e. The van der Waals surface area contributed by atoms with Crippen LogP contribution in [0.3, 0.4) is 0 Å². The minimum atomic E-state index is -0.432. The third kappa shape index (κ3) is 2.72. The molecule has 17 heavy (non-hydrogen) atoms. The van der Waals surface area contributed by atoms with Crippen LogP contribution >= 0.6 is 0 Å². The minimum absolute atomic E-state index is 0.240. The molecule has 1 amide bonds. The number of rotatable bonds is 3. The molecule has 1 aliphatic rings. The first-order valence-corrected chi connectivity index (χ1v) is 5.52. The average molecular weight is 237 g/mol. The van der Waals surface area contributed by atoms with Gasteiger partial charge in [0.05, 0.1) is 6.26 Å². The zero-order chi connectivity index (χ0) is 12.3. The van der Waals surface area contributed by atoms with E-state index < -0.39 is 5.91 Å². The highest BCUT2D eigenvalue weighted by Crippen LogP contribution is 2.15. The summed E-state index contributed by atoms with van der Waals surface area (Å²) in [5.74, 6) is 5.17. The Morgan fingerprint density at radius 2 is 2.18 bits per heavy atom. The largest absolute Gasteiger partial charge is 0.459 e. The lowest BCUT2D eigenvalue weighted by atomic mass is 10.1. The maximum absolute atomic E-state index is 11.4. The van der Waals surface area contributed by atoms with Crippen molar-refractivity contribution in [1.82, 2.24) is 10.3 Å². The molecule has 1 aromatic rings. The maximum atomic E-state index is 11.4. The lowest BCUT2D eigenvalue weighted by molar-refractivity contribution is -0.121. The number of piperidine rings is 1. The molecule has 0 radical (unpaired) electrons. The SMILES string of the molecule is NNC(=O)c1occc1CN1CCC(=O)CC1. The van der Waals surface area contributed by atoms with E-state index in [4.69, 9.17) is 10.3 Å². The van der Waals surface area contributed by atoms with E-state index in [-0.39, 0.29) is 5.76 Å². The van der Waals surface area contributed by atoms with Crippen LogP contribution in [0.1, 0.15) is 29.0 Å². The highest BCUT2D eigenvalue weighted by Gasteiger charge is 2.20. The molecule has 2 rings (SSSR count). The Bertz CT molecular complexity index is 417. The fraction of sp³-hybridized carbons (Fsp3) is 0.455. The van der Waals surface area contributed by atoms with Gasteiger partial charge in [0, 0.05) is 38.0 Å². The van der Waals surface area contributed by atoms with Crippen LogP contribution in [0.2, 0.25) is 0 Å². The quantitative estimate of drug-likeness (QED) is 0.440. The number of Topliss-reactive ketones (excluding diaryl/α,β-unsaturated/α-hetero) is 1. The molecule has 0 bridgehead atoms. The molecule has 1 saturated heterocycles. The monoisotopic (exact) mass is 237 g/mol. The van der Waals surface area contributed by atoms with Gasteiger partial charge in [0.2, 0.25) is 0 Å². The first-order valence-electron chi connectivity index (χ1n) is 5.52. The molecule has 0 saturated carbocycles. The second-order valence-electron chi connectivity index (χ2n) is 4.06. The number of hydrazine groups is 1. The van der Waals surface area contributed by atoms with Gasteiger partial charge in [-0.1, -0.05) is 0 Å². The Labute approximate surface area is 98.7 Å². The van der Waals surface area contributed by atoms with Gasteiger partial charge in [0.1, 0.15) is 5.78 Å². The van der Waals surface area contributed by atoms with Gasteiger partial charge in [-0.2, -0.15) is 0 Å². The summed E-state index contributed by atoms with van der Waals surface area (Å²) in [7, 11) is 0. The van der Waals surface area contributed by atoms with Gasteiger partial charge in [0.25, 0.3) is 0 Å². The molecule has 0 unspecified atom stereocenters. The number of nitrogens with zero attached hydrogens (tertiary/aromatic N) is 1. The van der Waals surface area contributed by atoms with Gasteiger partial charge in [-0.25, -0.2) is 5.84 Å². The zero-order valence-corrected chi connectivity index (χ0v) is 9.44. The Kier molecular flexibility index (Phi) is 3.55. The van der Waals surface area contributed by atoms with Crippen molar-refractivity contribution >= 4 is 11.7 Å². The van der Waals surface area contributed by atoms with Gasteiger partial charge in [-0.15, -0.1) is 0 Å². The summed E-state index contributed by atoms with van der Waals surface area (Å²) >= 11 is 0. The highest BCUT2D eigenvalue weighted by atomic mass is 16.3. The molecule has 6 heteroatoms. The number of ketones is 1. The Hall–Kier alpha value is -1.66. The predicted octanol–water partition coefficient (Wildman–Crippen LogP) is 0.0480. The van der Waals surface area contributed by atoms with Crippen molar-refractivity contribution in [3.63, 3.8) is 0 Å². The number of amides is 1. The van der Waals surface area contributed by atoms with Crippen molar-refractivity contribution in [1.29, 1.82) is 0 Å². The summed E-state index contributed by atoms with van der Waals surface area (Å²) in [6.45, 7) is 2.06. The fourth-order valence-corrected chi connectivity index (χ4v) is 1.93. The number of carbonyl (C=O) groups is 2. The van der Waals surface area contributed by atoms with Gasteiger partial charge in [-0.05, 0) is 6.07 Å². The van der Waals surface area contributed by atoms with Crippen LogP contribution in [-0.2, 0) is 11.3 Å². The molecule has 1 aliphatic heterocycles. The number of nitrogens with one attached hydrogen (secondary N) is 1. The maximum Gasteiger partial charge on any atom is 0.301 e. The Morgan fingerprint density at radius 3 is 2.82 bits per heavy atom. The van der Waals surface area contributed by atoms with E-state index in [2.05, 4.69) is 4.90 Å². The van der Waals surface area contributed by atoms with Crippen molar-refractivity contribution in [2.75, 3.05) is 13.1 Å². The molecule has 0 aliphatic carbocycles. The van der Waals surface area contributed by atoms with Crippen molar-refractivity contribution in [3.05, 3.63) is 23.7 Å². The van der Waals surface area contributed by atoms with Crippen molar-refractivity contribution in [3.8, 4) is 0 Å². The van der Waals surface area contributed by atoms with Crippen molar-refractivity contribution in [2.24, 2.45) is 5.84 Å². The second kappa shape index (κ2) is 5.11. The molecular formula is C11H15N3O3. The summed E-state index contributed by atoms with van der Waals surface area (Å²) in [6.07, 6.45) is 2.63. The first-order chi connectivity index (χ1) is 8.20. The number of likely N-dealkylation sites (tertiary alicyclic amines) is 1. The van der Waals surface area contributed by atoms with Crippen LogP contribution in [0.25, 0.3) is 0 Å². The molecule has 3 N–H and O–H groups in total. The van der Waals surface area contributed by atoms with E-state index in [1.165, 1.54) is 6.26 Å². The lowest BCUT2D eigenvalue weighted by Gasteiger charge is -2.25. The van der Waals surface area contributed by atoms with Crippen LogP contribution in [-0.4, -0.2) is 29.7 Å². The first kappa shape index (κ1) is 11.8. The summed E-state index contributed by atoms with van der Waals surface area (Å²) in [5.41, 5.74) is 2.84. The Balaban J connectivity index is 2.01. The average Bonchev–Trinajstić information content (AvgIpc) is 2.79. The predicted molar refractivity (Wildman–Crippen MR) is 59.9 cm³/mol. The zero-order valence-electron chi connectivity index (χ0n) is 9.44. The third-order valence-electron chi connectivity index (χ3n) is 2.89. The Morgan fingerprint density at radius 1 is 1.47 bits per heavy atom. The lowest BCUT2D eigenvalue weighted by Crippen LogP contribution is -2.34. The molecule has 6 nitrogen and oxygen atoms in total. The van der Waals surface area contributed by atoms with Crippen LogP contribution in [0, 0.1) is 0 Å². The number of nitrogen functional groups attached to an aromatic ring is 1. The summed E-state index contributed by atoms with van der Waals surface area (Å²) in [4.78, 5) is 24.6.